The molecule has 0 spiro atoms. The van der Waals surface area contributed by atoms with Gasteiger partial charge in [0.15, 0.2) is 0 Å². The van der Waals surface area contributed by atoms with Crippen LogP contribution in [-0.2, 0) is 5.41 Å². The van der Waals surface area contributed by atoms with E-state index in [1.807, 2.05) is 0 Å². The Hall–Kier alpha value is -11.3. The molecule has 92 heavy (non-hydrogen) atoms. The zero-order chi connectivity index (χ0) is 60.7. The molecule has 20 rings (SSSR count). The van der Waals surface area contributed by atoms with Crippen molar-refractivity contribution in [3.05, 3.63) is 296 Å². The van der Waals surface area contributed by atoms with Crippen LogP contribution in [0.1, 0.15) is 26.3 Å². The molecule has 0 bridgehead atoms. The number of fused-ring (bicyclic) bond motifs is 4. The monoisotopic (exact) mass is 1190 g/mol. The predicted octanol–water partition coefficient (Wildman–Crippen LogP) is 25.7. The fourth-order valence-electron chi connectivity index (χ4n) is 16.1. The lowest BCUT2D eigenvalue weighted by molar-refractivity contribution is 0.590. The predicted molar refractivity (Wildman–Crippen MR) is 397 cm³/mol. The number of hydrogen-bond acceptors (Lipinski definition) is 3. The highest BCUT2D eigenvalue weighted by atomic mass is 32.1. The molecule has 2 aromatic heterocycles. The molecule has 18 aromatic carbocycles. The topological polar surface area (TPSA) is 11.4 Å². The highest BCUT2D eigenvalue weighted by Gasteiger charge is 2.27. The van der Waals surface area contributed by atoms with Crippen molar-refractivity contribution in [2.24, 2.45) is 0 Å². The number of rotatable bonds is 9. The number of benzene rings is 18. The zero-order valence-corrected chi connectivity index (χ0v) is 51.8. The van der Waals surface area contributed by atoms with Crippen molar-refractivity contribution < 1.29 is 0 Å². The quantitative estimate of drug-likeness (QED) is 0.105. The Morgan fingerprint density at radius 1 is 0.293 bits per heavy atom. The van der Waals surface area contributed by atoms with Gasteiger partial charge in [-0.1, -0.05) is 215 Å². The van der Waals surface area contributed by atoms with Gasteiger partial charge in [-0.25, -0.2) is 0 Å². The SMILES string of the molecule is CC(C)(C)c1cccc(N(c2cc(-c3cccc(-c4cc5ccc6ccc7ccc8ccc9ccc4c4c9c8c7c6c54)c3)cc(N(c3cc4ccc5cccc6ccc(c3)c4c56)c3csc4ccccc34)c2)c2cccc(-n3c4ccccc4c4ccccc43)c2)c1. The minimum Gasteiger partial charge on any atom is -0.310 e. The zero-order valence-electron chi connectivity index (χ0n) is 51.0. The van der Waals surface area contributed by atoms with Crippen LogP contribution in [0.4, 0.5) is 34.1 Å². The molecule has 4 heteroatoms. The number of aromatic nitrogens is 1. The maximum Gasteiger partial charge on any atom is 0.0647 e. The van der Waals surface area contributed by atoms with Gasteiger partial charge in [-0.15, -0.1) is 11.3 Å². The average molecular weight is 1190 g/mol. The van der Waals surface area contributed by atoms with Crippen LogP contribution in [0.25, 0.3) is 157 Å². The Bertz CT molecular complexity index is 6220. The lowest BCUT2D eigenvalue weighted by Gasteiger charge is -2.31. The van der Waals surface area contributed by atoms with Crippen LogP contribution >= 0.6 is 11.3 Å². The summed E-state index contributed by atoms with van der Waals surface area (Å²) in [6, 6.07) is 108. The van der Waals surface area contributed by atoms with E-state index in [0.29, 0.717) is 0 Å². The molecule has 0 unspecified atom stereocenters. The van der Waals surface area contributed by atoms with Gasteiger partial charge < -0.3 is 14.4 Å². The smallest absolute Gasteiger partial charge is 0.0647 e. The van der Waals surface area contributed by atoms with Gasteiger partial charge in [0.25, 0.3) is 0 Å². The van der Waals surface area contributed by atoms with E-state index in [0.717, 1.165) is 50.9 Å². The van der Waals surface area contributed by atoms with Gasteiger partial charge in [0.1, 0.15) is 0 Å². The number of anilines is 6. The van der Waals surface area contributed by atoms with Gasteiger partial charge in [-0.05, 0) is 221 Å². The van der Waals surface area contributed by atoms with E-state index >= 15 is 0 Å². The first-order valence-corrected chi connectivity index (χ1v) is 32.9. The molecule has 2 heterocycles. The maximum absolute atomic E-state index is 2.54. The van der Waals surface area contributed by atoms with Crippen molar-refractivity contribution in [2.45, 2.75) is 26.2 Å². The van der Waals surface area contributed by atoms with Crippen molar-refractivity contribution >= 4 is 174 Å². The summed E-state index contributed by atoms with van der Waals surface area (Å²) in [5.41, 5.74) is 15.7. The Kier molecular flexibility index (Phi) is 10.7. The first-order valence-electron chi connectivity index (χ1n) is 32.0. The van der Waals surface area contributed by atoms with Crippen LogP contribution in [0.2, 0.25) is 0 Å². The summed E-state index contributed by atoms with van der Waals surface area (Å²) in [5.74, 6) is 0. The minimum absolute atomic E-state index is 0.111. The molecule has 0 fully saturated rings. The van der Waals surface area contributed by atoms with Gasteiger partial charge in [0.2, 0.25) is 0 Å². The summed E-state index contributed by atoms with van der Waals surface area (Å²) in [5, 5.41) is 29.5. The summed E-state index contributed by atoms with van der Waals surface area (Å²) in [4.78, 5) is 5.05. The van der Waals surface area contributed by atoms with Crippen molar-refractivity contribution in [3.63, 3.8) is 0 Å². The second-order valence-corrected chi connectivity index (χ2v) is 27.4. The Labute approximate surface area is 535 Å². The van der Waals surface area contributed by atoms with Crippen molar-refractivity contribution in [1.29, 1.82) is 0 Å². The fraction of sp³-hybridized carbons (Fsp3) is 0.0455. The summed E-state index contributed by atoms with van der Waals surface area (Å²) in [7, 11) is 0. The van der Waals surface area contributed by atoms with Crippen molar-refractivity contribution in [3.8, 4) is 27.9 Å². The molecule has 0 N–H and O–H groups in total. The summed E-state index contributed by atoms with van der Waals surface area (Å²) < 4.78 is 3.68. The molecule has 0 atom stereocenters. The largest absolute Gasteiger partial charge is 0.310 e. The molecule has 0 aliphatic rings. The van der Waals surface area contributed by atoms with Crippen LogP contribution in [-0.4, -0.2) is 4.57 Å². The molecular weight excluding hydrogens is 1130 g/mol. The molecule has 20 aromatic rings. The van der Waals surface area contributed by atoms with Crippen LogP contribution in [0.3, 0.4) is 0 Å². The normalized spacial score (nSPS) is 12.5. The summed E-state index contributed by atoms with van der Waals surface area (Å²) >= 11 is 1.80. The molecule has 3 nitrogen and oxygen atoms in total. The van der Waals surface area contributed by atoms with Gasteiger partial charge in [0, 0.05) is 60.4 Å². The number of para-hydroxylation sites is 2. The molecule has 0 saturated carbocycles. The second kappa shape index (κ2) is 19.1. The van der Waals surface area contributed by atoms with E-state index in [-0.39, 0.29) is 5.41 Å². The van der Waals surface area contributed by atoms with Crippen LogP contribution < -0.4 is 9.80 Å². The second-order valence-electron chi connectivity index (χ2n) is 26.4. The van der Waals surface area contributed by atoms with Gasteiger partial charge in [-0.2, -0.15) is 0 Å². The van der Waals surface area contributed by atoms with Gasteiger partial charge in [0.05, 0.1) is 16.7 Å². The lowest BCUT2D eigenvalue weighted by Crippen LogP contribution is -2.16. The lowest BCUT2D eigenvalue weighted by atomic mass is 9.81. The average Bonchev–Trinajstić information content (AvgIpc) is 1.23. The van der Waals surface area contributed by atoms with E-state index in [1.165, 1.54) is 146 Å². The summed E-state index contributed by atoms with van der Waals surface area (Å²) in [6.45, 7) is 6.95. The first-order chi connectivity index (χ1) is 45.2. The third kappa shape index (κ3) is 7.50. The van der Waals surface area contributed by atoms with Gasteiger partial charge >= 0.3 is 0 Å². The summed E-state index contributed by atoms with van der Waals surface area (Å²) in [6.07, 6.45) is 0. The molecule has 0 aliphatic carbocycles. The van der Waals surface area contributed by atoms with E-state index in [9.17, 15) is 0 Å². The highest BCUT2D eigenvalue weighted by molar-refractivity contribution is 7.17. The molecule has 0 saturated heterocycles. The molecule has 0 amide bonds. The van der Waals surface area contributed by atoms with E-state index in [4.69, 9.17) is 0 Å². The number of nitrogens with zero attached hydrogens (tertiary/aromatic N) is 3. The van der Waals surface area contributed by atoms with Crippen LogP contribution in [0.15, 0.2) is 290 Å². The van der Waals surface area contributed by atoms with E-state index in [1.54, 1.807) is 11.3 Å². The fourth-order valence-corrected chi connectivity index (χ4v) is 17.0. The number of thiophene rings is 1. The van der Waals surface area contributed by atoms with Crippen molar-refractivity contribution in [2.75, 3.05) is 9.80 Å². The van der Waals surface area contributed by atoms with E-state index < -0.39 is 0 Å². The molecule has 0 aliphatic heterocycles. The Balaban J connectivity index is 0.860. The van der Waals surface area contributed by atoms with Crippen LogP contribution in [0.5, 0.6) is 0 Å². The Morgan fingerprint density at radius 3 is 1.42 bits per heavy atom. The molecule has 430 valence electrons. The maximum atomic E-state index is 2.54. The van der Waals surface area contributed by atoms with Crippen molar-refractivity contribution in [1.82, 2.24) is 4.57 Å². The number of hydrogen-bond donors (Lipinski definition) is 0. The first kappa shape index (κ1) is 51.6. The van der Waals surface area contributed by atoms with Crippen LogP contribution in [0, 0.1) is 0 Å². The highest BCUT2D eigenvalue weighted by Crippen LogP contribution is 2.53. The van der Waals surface area contributed by atoms with Gasteiger partial charge in [-0.3, -0.25) is 0 Å². The third-order valence-electron chi connectivity index (χ3n) is 20.2. The Morgan fingerprint density at radius 2 is 0.772 bits per heavy atom. The van der Waals surface area contributed by atoms with E-state index in [2.05, 4.69) is 326 Å². The molecular formula is C88H57N3S. The molecule has 0 radical (unpaired) electrons. The minimum atomic E-state index is -0.111. The third-order valence-corrected chi connectivity index (χ3v) is 21.2. The standard InChI is InChI=1S/C88H57N3S/c1-88(2,3)64-18-12-19-65(48-64)89(66-20-13-21-67(49-66)91-76-25-7-4-22-71(76)72-23-5-8-26-77(72)91)69-45-63(46-70(50-69)90(78-51-92-79-27-9-6-24-74(78)79)68-43-60-37-34-52-14-10-15-53-35-38-61(44-68)81(60)80(52)53)58-16-11-17-59(42-58)75-47-62-39-36-56-31-29-54-28-30-55-32-33-57-40-41-73(75)87-85(57)83(55)82(54)84(56)86(62)87/h4-51H,1-3H3.